The second kappa shape index (κ2) is 6.79. The number of ketones is 1. The van der Waals surface area contributed by atoms with E-state index in [0.717, 1.165) is 0 Å². The molecule has 0 aliphatic heterocycles. The van der Waals surface area contributed by atoms with Gasteiger partial charge in [0, 0.05) is 6.07 Å². The second-order valence-electron chi connectivity index (χ2n) is 5.08. The van der Waals surface area contributed by atoms with E-state index in [0.29, 0.717) is 10.5 Å². The maximum absolute atomic E-state index is 12.3. The zero-order valence-corrected chi connectivity index (χ0v) is 12.4. The molecule has 0 aromatic heterocycles. The molecule has 0 fully saturated rings. The maximum atomic E-state index is 12.3. The Bertz CT molecular complexity index is 603. The molecule has 0 radical (unpaired) electrons. The van der Waals surface area contributed by atoms with Gasteiger partial charge in [-0.15, -0.1) is 0 Å². The van der Waals surface area contributed by atoms with Crippen LogP contribution >= 0.6 is 0 Å². The van der Waals surface area contributed by atoms with Crippen LogP contribution in [0.25, 0.3) is 0 Å². The molecule has 2 amide bonds. The fourth-order valence-electron chi connectivity index (χ4n) is 1.85. The van der Waals surface area contributed by atoms with E-state index in [2.05, 4.69) is 0 Å². The minimum absolute atomic E-state index is 0.0828. The molecule has 0 aliphatic carbocycles. The first-order valence-corrected chi connectivity index (χ1v) is 6.30. The summed E-state index contributed by atoms with van der Waals surface area (Å²) in [4.78, 5) is 44.6. The second-order valence-corrected chi connectivity index (χ2v) is 5.08. The van der Waals surface area contributed by atoms with Crippen molar-refractivity contribution in [2.24, 2.45) is 0 Å². The number of nitro groups is 1. The van der Waals surface area contributed by atoms with Crippen LogP contribution in [0.15, 0.2) is 18.2 Å². The molecule has 8 nitrogen and oxygen atoms in total. The van der Waals surface area contributed by atoms with E-state index in [1.807, 2.05) is 0 Å². The van der Waals surface area contributed by atoms with Crippen molar-refractivity contribution in [3.05, 3.63) is 33.9 Å². The van der Waals surface area contributed by atoms with E-state index in [-0.39, 0.29) is 24.3 Å². The van der Waals surface area contributed by atoms with Crippen molar-refractivity contribution in [2.45, 2.75) is 19.3 Å². The molecule has 8 heteroatoms. The highest BCUT2D eigenvalue weighted by Crippen LogP contribution is 2.33. The monoisotopic (exact) mass is 308 g/mol. The summed E-state index contributed by atoms with van der Waals surface area (Å²) in [6.07, 6.45) is 0.495. The summed E-state index contributed by atoms with van der Waals surface area (Å²) in [5.41, 5.74) is -0.980. The molecule has 1 aromatic rings. The zero-order valence-electron chi connectivity index (χ0n) is 12.4. The number of benzene rings is 1. The zero-order chi connectivity index (χ0) is 16.9. The number of ether oxygens (including phenoxy) is 1. The normalized spacial score (nSPS) is 10.7. The molecule has 0 bridgehead atoms. The Balaban J connectivity index is 3.19. The van der Waals surface area contributed by atoms with Gasteiger partial charge >= 0.3 is 5.69 Å². The van der Waals surface area contributed by atoms with Crippen molar-refractivity contribution in [1.82, 2.24) is 4.90 Å². The van der Waals surface area contributed by atoms with Gasteiger partial charge in [-0.3, -0.25) is 29.4 Å². The van der Waals surface area contributed by atoms with Crippen molar-refractivity contribution >= 4 is 24.3 Å². The van der Waals surface area contributed by atoms with Gasteiger partial charge in [-0.25, -0.2) is 0 Å². The Morgan fingerprint density at radius 1 is 1.36 bits per heavy atom. The summed E-state index contributed by atoms with van der Waals surface area (Å²) in [5, 5.41) is 11.0. The van der Waals surface area contributed by atoms with Crippen LogP contribution in [0.4, 0.5) is 5.69 Å². The summed E-state index contributed by atoms with van der Waals surface area (Å²) in [6.45, 7) is 2.73. The molecule has 118 valence electrons. The number of imide groups is 1. The van der Waals surface area contributed by atoms with Gasteiger partial charge in [0.05, 0.1) is 24.0 Å². The fourth-order valence-corrected chi connectivity index (χ4v) is 1.85. The standard InChI is InChI=1S/C14H16N2O6/c1-14(2,13(19)7-15(8-17)9-18)10-4-5-12(22-3)11(6-10)16(20)21/h4-6,8-9H,7H2,1-3H3. The third kappa shape index (κ3) is 3.46. The molecule has 22 heavy (non-hydrogen) atoms. The molecule has 0 atom stereocenters. The lowest BCUT2D eigenvalue weighted by atomic mass is 9.80. The van der Waals surface area contributed by atoms with E-state index in [1.54, 1.807) is 13.8 Å². The number of amides is 2. The summed E-state index contributed by atoms with van der Waals surface area (Å²) in [7, 11) is 1.31. The van der Waals surface area contributed by atoms with Gasteiger partial charge in [-0.1, -0.05) is 6.07 Å². The number of hydrogen-bond acceptors (Lipinski definition) is 6. The number of carbonyl (C=O) groups is 3. The minimum Gasteiger partial charge on any atom is -0.490 e. The first-order chi connectivity index (χ1) is 10.3. The summed E-state index contributed by atoms with van der Waals surface area (Å²) in [5.74, 6) is -0.342. The Labute approximate surface area is 126 Å². The van der Waals surface area contributed by atoms with Crippen LogP contribution in [0.2, 0.25) is 0 Å². The van der Waals surface area contributed by atoms with Crippen LogP contribution in [0.5, 0.6) is 5.75 Å². The Morgan fingerprint density at radius 3 is 2.41 bits per heavy atom. The van der Waals surface area contributed by atoms with Gasteiger partial charge in [0.25, 0.3) is 0 Å². The lowest BCUT2D eigenvalue weighted by molar-refractivity contribution is -0.385. The van der Waals surface area contributed by atoms with Crippen molar-refractivity contribution in [1.29, 1.82) is 0 Å². The third-order valence-corrected chi connectivity index (χ3v) is 3.39. The van der Waals surface area contributed by atoms with Gasteiger partial charge in [-0.05, 0) is 25.5 Å². The van der Waals surface area contributed by atoms with Crippen LogP contribution in [-0.2, 0) is 19.8 Å². The van der Waals surface area contributed by atoms with E-state index >= 15 is 0 Å². The van der Waals surface area contributed by atoms with Crippen molar-refractivity contribution < 1.29 is 24.0 Å². The topological polar surface area (TPSA) is 107 Å². The van der Waals surface area contributed by atoms with E-state index in [1.165, 1.54) is 25.3 Å². The molecule has 0 unspecified atom stereocenters. The molecule has 0 saturated carbocycles. The smallest absolute Gasteiger partial charge is 0.311 e. The Kier molecular flexibility index (Phi) is 5.33. The highest BCUT2D eigenvalue weighted by atomic mass is 16.6. The molecule has 0 heterocycles. The first kappa shape index (κ1) is 17.3. The largest absolute Gasteiger partial charge is 0.490 e. The highest BCUT2D eigenvalue weighted by molar-refractivity contribution is 5.94. The number of Topliss-reactive ketones (excluding diaryl/α,β-unsaturated/α-hetero) is 1. The van der Waals surface area contributed by atoms with Crippen molar-refractivity contribution in [2.75, 3.05) is 13.7 Å². The van der Waals surface area contributed by atoms with Crippen molar-refractivity contribution in [3.8, 4) is 5.75 Å². The molecule has 1 aromatic carbocycles. The number of nitrogens with zero attached hydrogens (tertiary/aromatic N) is 2. The number of rotatable bonds is 8. The third-order valence-electron chi connectivity index (χ3n) is 3.39. The molecule has 1 rings (SSSR count). The lowest BCUT2D eigenvalue weighted by Gasteiger charge is -2.25. The van der Waals surface area contributed by atoms with Crippen LogP contribution in [0.1, 0.15) is 19.4 Å². The molecular weight excluding hydrogens is 292 g/mol. The van der Waals surface area contributed by atoms with Crippen LogP contribution in [-0.4, -0.2) is 42.1 Å². The number of methoxy groups -OCH3 is 1. The molecule has 0 N–H and O–H groups in total. The van der Waals surface area contributed by atoms with E-state index < -0.39 is 22.7 Å². The van der Waals surface area contributed by atoms with Gasteiger partial charge in [0.1, 0.15) is 0 Å². The van der Waals surface area contributed by atoms with Crippen LogP contribution in [0.3, 0.4) is 0 Å². The predicted octanol–water partition coefficient (Wildman–Crippen LogP) is 1.06. The summed E-state index contributed by atoms with van der Waals surface area (Å²) in [6, 6.07) is 4.19. The molecule has 0 spiro atoms. The molecule has 0 aliphatic rings. The average molecular weight is 308 g/mol. The molecular formula is C14H16N2O6. The SMILES string of the molecule is COc1ccc(C(C)(C)C(=O)CN(C=O)C=O)cc1[N+](=O)[O-]. The first-order valence-electron chi connectivity index (χ1n) is 6.30. The summed E-state index contributed by atoms with van der Waals surface area (Å²) < 4.78 is 4.91. The summed E-state index contributed by atoms with van der Waals surface area (Å²) >= 11 is 0. The van der Waals surface area contributed by atoms with Gasteiger partial charge in [-0.2, -0.15) is 0 Å². The van der Waals surface area contributed by atoms with Crippen LogP contribution in [0, 0.1) is 10.1 Å². The van der Waals surface area contributed by atoms with Crippen molar-refractivity contribution in [3.63, 3.8) is 0 Å². The Hall–Kier alpha value is -2.77. The number of hydrogen-bond donors (Lipinski definition) is 0. The number of nitro benzene ring substituents is 1. The van der Waals surface area contributed by atoms with E-state index in [4.69, 9.17) is 4.74 Å². The van der Waals surface area contributed by atoms with Crippen LogP contribution < -0.4 is 4.74 Å². The number of carbonyl (C=O) groups excluding carboxylic acids is 3. The quantitative estimate of drug-likeness (QED) is 0.404. The fraction of sp³-hybridized carbons (Fsp3) is 0.357. The average Bonchev–Trinajstić information content (AvgIpc) is 2.51. The van der Waals surface area contributed by atoms with Gasteiger partial charge in [0.15, 0.2) is 11.5 Å². The molecule has 0 saturated heterocycles. The minimum atomic E-state index is -1.11. The maximum Gasteiger partial charge on any atom is 0.311 e. The lowest BCUT2D eigenvalue weighted by Crippen LogP contribution is -2.38. The van der Waals surface area contributed by atoms with Gasteiger partial charge in [0.2, 0.25) is 12.8 Å². The predicted molar refractivity (Wildman–Crippen MR) is 76.5 cm³/mol. The Morgan fingerprint density at radius 2 is 1.95 bits per heavy atom. The van der Waals surface area contributed by atoms with E-state index in [9.17, 15) is 24.5 Å². The van der Waals surface area contributed by atoms with Gasteiger partial charge < -0.3 is 4.74 Å². The highest BCUT2D eigenvalue weighted by Gasteiger charge is 2.32.